The highest BCUT2D eigenvalue weighted by atomic mass is 16.3. The van der Waals surface area contributed by atoms with E-state index in [1.165, 1.54) is 16.3 Å². The van der Waals surface area contributed by atoms with E-state index in [-0.39, 0.29) is 18.9 Å². The Balaban J connectivity index is 2.08. The number of carbonyl (C=O) groups is 1. The third-order valence-electron chi connectivity index (χ3n) is 3.35. The molecule has 0 aromatic heterocycles. The van der Waals surface area contributed by atoms with Gasteiger partial charge in [0, 0.05) is 20.0 Å². The molecule has 1 N–H and O–H groups in total. The molecule has 1 amide bonds. The summed E-state index contributed by atoms with van der Waals surface area (Å²) in [4.78, 5) is 13.3. The van der Waals surface area contributed by atoms with Gasteiger partial charge in [0.25, 0.3) is 0 Å². The van der Waals surface area contributed by atoms with Crippen molar-refractivity contribution < 1.29 is 9.90 Å². The normalized spacial score (nSPS) is 10.6. The molecular formula is C16H19NO2. The van der Waals surface area contributed by atoms with Gasteiger partial charge in [0.05, 0.1) is 6.61 Å². The zero-order chi connectivity index (χ0) is 13.7. The molecule has 0 bridgehead atoms. The van der Waals surface area contributed by atoms with Gasteiger partial charge < -0.3 is 10.0 Å². The van der Waals surface area contributed by atoms with Gasteiger partial charge in [-0.25, -0.2) is 0 Å². The van der Waals surface area contributed by atoms with E-state index in [0.717, 1.165) is 6.42 Å². The van der Waals surface area contributed by atoms with E-state index < -0.39 is 0 Å². The van der Waals surface area contributed by atoms with Crippen molar-refractivity contribution in [3.8, 4) is 0 Å². The van der Waals surface area contributed by atoms with Crippen LogP contribution in [0.4, 0.5) is 0 Å². The molecule has 100 valence electrons. The quantitative estimate of drug-likeness (QED) is 0.892. The Morgan fingerprint density at radius 1 is 1.16 bits per heavy atom. The second kappa shape index (κ2) is 6.34. The molecular weight excluding hydrogens is 238 g/mol. The SMILES string of the molecule is CN(CCc1cccc2ccccc12)C(=O)CCO. The first-order valence-electron chi connectivity index (χ1n) is 6.54. The maximum Gasteiger partial charge on any atom is 0.224 e. The van der Waals surface area contributed by atoms with E-state index in [1.54, 1.807) is 11.9 Å². The van der Waals surface area contributed by atoms with Crippen LogP contribution in [-0.4, -0.2) is 36.1 Å². The average Bonchev–Trinajstić information content (AvgIpc) is 2.45. The van der Waals surface area contributed by atoms with Crippen LogP contribution in [0.15, 0.2) is 42.5 Å². The van der Waals surface area contributed by atoms with Gasteiger partial charge in [0.1, 0.15) is 0 Å². The Morgan fingerprint density at radius 3 is 2.68 bits per heavy atom. The second-order valence-electron chi connectivity index (χ2n) is 4.68. The Hall–Kier alpha value is -1.87. The number of aliphatic hydroxyl groups is 1. The Bertz CT molecular complexity index is 560. The van der Waals surface area contributed by atoms with Crippen LogP contribution in [0.2, 0.25) is 0 Å². The third kappa shape index (κ3) is 3.32. The summed E-state index contributed by atoms with van der Waals surface area (Å²) in [5.41, 5.74) is 1.25. The van der Waals surface area contributed by atoms with Crippen LogP contribution in [0.25, 0.3) is 10.8 Å². The van der Waals surface area contributed by atoms with Crippen molar-refractivity contribution in [3.63, 3.8) is 0 Å². The Labute approximate surface area is 113 Å². The van der Waals surface area contributed by atoms with Crippen LogP contribution in [0, 0.1) is 0 Å². The molecule has 0 spiro atoms. The maximum absolute atomic E-state index is 11.6. The fourth-order valence-electron chi connectivity index (χ4n) is 2.21. The average molecular weight is 257 g/mol. The lowest BCUT2D eigenvalue weighted by atomic mass is 10.0. The molecule has 2 rings (SSSR count). The highest BCUT2D eigenvalue weighted by Gasteiger charge is 2.08. The zero-order valence-corrected chi connectivity index (χ0v) is 11.2. The number of aliphatic hydroxyl groups excluding tert-OH is 1. The molecule has 0 aliphatic heterocycles. The molecule has 19 heavy (non-hydrogen) atoms. The monoisotopic (exact) mass is 257 g/mol. The minimum absolute atomic E-state index is 0.0114. The molecule has 0 radical (unpaired) electrons. The number of hydrogen-bond donors (Lipinski definition) is 1. The minimum Gasteiger partial charge on any atom is -0.396 e. The predicted octanol–water partition coefficient (Wildman–Crippen LogP) is 2.22. The van der Waals surface area contributed by atoms with Gasteiger partial charge in [-0.3, -0.25) is 4.79 Å². The molecule has 2 aromatic rings. The van der Waals surface area contributed by atoms with Crippen LogP contribution < -0.4 is 0 Å². The summed E-state index contributed by atoms with van der Waals surface area (Å²) in [6.07, 6.45) is 1.03. The van der Waals surface area contributed by atoms with Crippen molar-refractivity contribution in [2.24, 2.45) is 0 Å². The molecule has 0 heterocycles. The molecule has 0 aliphatic carbocycles. The number of hydrogen-bond acceptors (Lipinski definition) is 2. The van der Waals surface area contributed by atoms with E-state index in [4.69, 9.17) is 5.11 Å². The summed E-state index contributed by atoms with van der Waals surface area (Å²) >= 11 is 0. The topological polar surface area (TPSA) is 40.5 Å². The van der Waals surface area contributed by atoms with Crippen molar-refractivity contribution in [1.82, 2.24) is 4.90 Å². The molecule has 0 fully saturated rings. The predicted molar refractivity (Wildman–Crippen MR) is 77.0 cm³/mol. The van der Waals surface area contributed by atoms with Gasteiger partial charge in [0.2, 0.25) is 5.91 Å². The first-order chi connectivity index (χ1) is 9.22. The minimum atomic E-state index is -0.0859. The first-order valence-corrected chi connectivity index (χ1v) is 6.54. The van der Waals surface area contributed by atoms with Crippen molar-refractivity contribution in [2.75, 3.05) is 20.2 Å². The van der Waals surface area contributed by atoms with Gasteiger partial charge in [-0.05, 0) is 22.8 Å². The number of nitrogens with zero attached hydrogens (tertiary/aromatic N) is 1. The molecule has 0 unspecified atom stereocenters. The highest BCUT2D eigenvalue weighted by molar-refractivity contribution is 5.85. The first kappa shape index (κ1) is 13.6. The van der Waals surface area contributed by atoms with E-state index in [2.05, 4.69) is 24.3 Å². The molecule has 2 aromatic carbocycles. The summed E-state index contributed by atoms with van der Waals surface area (Å²) < 4.78 is 0. The second-order valence-corrected chi connectivity index (χ2v) is 4.68. The van der Waals surface area contributed by atoms with E-state index in [1.807, 2.05) is 18.2 Å². The third-order valence-corrected chi connectivity index (χ3v) is 3.35. The largest absolute Gasteiger partial charge is 0.396 e. The summed E-state index contributed by atoms with van der Waals surface area (Å²) in [5, 5.41) is 11.2. The number of carbonyl (C=O) groups excluding carboxylic acids is 1. The lowest BCUT2D eigenvalue weighted by molar-refractivity contribution is -0.130. The van der Waals surface area contributed by atoms with Crippen molar-refractivity contribution in [1.29, 1.82) is 0 Å². The van der Waals surface area contributed by atoms with Crippen molar-refractivity contribution >= 4 is 16.7 Å². The van der Waals surface area contributed by atoms with Crippen LogP contribution in [0.1, 0.15) is 12.0 Å². The van der Waals surface area contributed by atoms with Gasteiger partial charge in [-0.1, -0.05) is 42.5 Å². The van der Waals surface area contributed by atoms with Crippen molar-refractivity contribution in [3.05, 3.63) is 48.0 Å². The van der Waals surface area contributed by atoms with Gasteiger partial charge >= 0.3 is 0 Å². The van der Waals surface area contributed by atoms with Crippen LogP contribution >= 0.6 is 0 Å². The lowest BCUT2D eigenvalue weighted by Gasteiger charge is -2.17. The summed E-state index contributed by atoms with van der Waals surface area (Å²) in [6, 6.07) is 14.5. The number of amides is 1. The van der Waals surface area contributed by atoms with Gasteiger partial charge in [-0.2, -0.15) is 0 Å². The van der Waals surface area contributed by atoms with Crippen molar-refractivity contribution in [2.45, 2.75) is 12.8 Å². The molecule has 0 atom stereocenters. The number of benzene rings is 2. The summed E-state index contributed by atoms with van der Waals surface area (Å²) in [6.45, 7) is 0.588. The number of rotatable bonds is 5. The van der Waals surface area contributed by atoms with Crippen LogP contribution in [0.3, 0.4) is 0 Å². The van der Waals surface area contributed by atoms with Gasteiger partial charge in [0.15, 0.2) is 0 Å². The number of fused-ring (bicyclic) bond motifs is 1. The Morgan fingerprint density at radius 2 is 1.89 bits per heavy atom. The van der Waals surface area contributed by atoms with Gasteiger partial charge in [-0.15, -0.1) is 0 Å². The maximum atomic E-state index is 11.6. The Kier molecular flexibility index (Phi) is 4.53. The molecule has 0 aliphatic rings. The fraction of sp³-hybridized carbons (Fsp3) is 0.312. The molecule has 3 nitrogen and oxygen atoms in total. The highest BCUT2D eigenvalue weighted by Crippen LogP contribution is 2.19. The zero-order valence-electron chi connectivity index (χ0n) is 11.2. The van der Waals surface area contributed by atoms with Crippen LogP contribution in [-0.2, 0) is 11.2 Å². The number of likely N-dealkylation sites (N-methyl/N-ethyl adjacent to an activating group) is 1. The summed E-state index contributed by atoms with van der Waals surface area (Å²) in [5.74, 6) is -0.0114. The van der Waals surface area contributed by atoms with E-state index >= 15 is 0 Å². The lowest BCUT2D eigenvalue weighted by Crippen LogP contribution is -2.29. The van der Waals surface area contributed by atoms with E-state index in [9.17, 15) is 4.79 Å². The standard InChI is InChI=1S/C16H19NO2/c1-17(16(19)10-12-18)11-9-14-7-4-6-13-5-2-3-8-15(13)14/h2-8,18H,9-12H2,1H3. The smallest absolute Gasteiger partial charge is 0.224 e. The fourth-order valence-corrected chi connectivity index (χ4v) is 2.21. The molecule has 0 saturated carbocycles. The van der Waals surface area contributed by atoms with E-state index in [0.29, 0.717) is 6.54 Å². The summed E-state index contributed by atoms with van der Waals surface area (Å²) in [7, 11) is 1.78. The molecule has 0 saturated heterocycles. The van der Waals surface area contributed by atoms with Crippen LogP contribution in [0.5, 0.6) is 0 Å². The molecule has 3 heteroatoms.